The fraction of sp³-hybridized carbons (Fsp3) is 0.238. The maximum atomic E-state index is 12.1. The van der Waals surface area contributed by atoms with Gasteiger partial charge in [-0.15, -0.1) is 0 Å². The number of fused-ring (bicyclic) bond motifs is 3. The van der Waals surface area contributed by atoms with Gasteiger partial charge < -0.3 is 5.32 Å². The molecule has 0 saturated heterocycles. The van der Waals surface area contributed by atoms with E-state index in [0.29, 0.717) is 11.6 Å². The fourth-order valence-electron chi connectivity index (χ4n) is 3.34. The predicted molar refractivity (Wildman–Crippen MR) is 105 cm³/mol. The number of benzene rings is 2. The normalized spacial score (nSPS) is 11.7. The van der Waals surface area contributed by atoms with Crippen LogP contribution in [0.1, 0.15) is 19.4 Å². The first-order valence-corrected chi connectivity index (χ1v) is 8.92. The van der Waals surface area contributed by atoms with Crippen LogP contribution in [0.25, 0.3) is 27.7 Å². The van der Waals surface area contributed by atoms with Crippen molar-refractivity contribution >= 4 is 16.6 Å². The Bertz CT molecular complexity index is 1120. The van der Waals surface area contributed by atoms with Crippen LogP contribution >= 0.6 is 0 Å². The molecule has 0 amide bonds. The topological polar surface area (TPSA) is 62.2 Å². The Labute approximate surface area is 151 Å². The molecular weight excluding hydrogens is 324 g/mol. The summed E-state index contributed by atoms with van der Waals surface area (Å²) in [7, 11) is 0. The van der Waals surface area contributed by atoms with Gasteiger partial charge >= 0.3 is 5.69 Å². The zero-order valence-corrected chi connectivity index (χ0v) is 15.0. The third kappa shape index (κ3) is 3.02. The van der Waals surface area contributed by atoms with E-state index in [-0.39, 0.29) is 5.69 Å². The highest BCUT2D eigenvalue weighted by atomic mass is 16.1. The van der Waals surface area contributed by atoms with Crippen LogP contribution in [0.3, 0.4) is 0 Å². The molecule has 0 unspecified atom stereocenters. The molecule has 26 heavy (non-hydrogen) atoms. The highest BCUT2D eigenvalue weighted by molar-refractivity contribution is 5.96. The highest BCUT2D eigenvalue weighted by Crippen LogP contribution is 2.29. The summed E-state index contributed by atoms with van der Waals surface area (Å²) in [4.78, 5) is 12.1. The lowest BCUT2D eigenvalue weighted by Gasteiger charge is -2.11. The zero-order chi connectivity index (χ0) is 18.1. The number of nitrogens with zero attached hydrogens (tertiary/aromatic N) is 2. The Morgan fingerprint density at radius 2 is 1.96 bits per heavy atom. The number of aromatic nitrogens is 3. The summed E-state index contributed by atoms with van der Waals surface area (Å²) in [6.07, 6.45) is 0. The van der Waals surface area contributed by atoms with Crippen LogP contribution < -0.4 is 11.0 Å². The standard InChI is InChI=1S/C21H22N4O/c1-14(2)12-22-13-15-5-3-6-16(11-15)17-7-4-8-19-18(17)9-10-20-23-24-21(26)25(19)20/h3-11,14,22H,12-13H2,1-2H3,(H,24,26). The second-order valence-electron chi connectivity index (χ2n) is 7.02. The third-order valence-electron chi connectivity index (χ3n) is 4.54. The summed E-state index contributed by atoms with van der Waals surface area (Å²) in [6, 6.07) is 18.5. The molecule has 2 heterocycles. The largest absolute Gasteiger partial charge is 0.348 e. The van der Waals surface area contributed by atoms with E-state index in [2.05, 4.69) is 59.7 Å². The Morgan fingerprint density at radius 1 is 1.12 bits per heavy atom. The second-order valence-corrected chi connectivity index (χ2v) is 7.02. The van der Waals surface area contributed by atoms with Gasteiger partial charge in [0, 0.05) is 11.9 Å². The van der Waals surface area contributed by atoms with E-state index in [1.165, 1.54) is 5.56 Å². The van der Waals surface area contributed by atoms with E-state index in [9.17, 15) is 4.79 Å². The predicted octanol–water partition coefficient (Wildman–Crippen LogP) is 3.59. The first-order chi connectivity index (χ1) is 12.6. The first-order valence-electron chi connectivity index (χ1n) is 8.92. The van der Waals surface area contributed by atoms with E-state index < -0.39 is 0 Å². The van der Waals surface area contributed by atoms with E-state index in [4.69, 9.17) is 0 Å². The molecule has 2 aromatic heterocycles. The van der Waals surface area contributed by atoms with Gasteiger partial charge in [-0.05, 0) is 53.4 Å². The molecule has 4 rings (SSSR count). The zero-order valence-electron chi connectivity index (χ0n) is 15.0. The van der Waals surface area contributed by atoms with Crippen LogP contribution in [-0.4, -0.2) is 21.1 Å². The maximum Gasteiger partial charge on any atom is 0.348 e. The van der Waals surface area contributed by atoms with Crippen molar-refractivity contribution in [2.24, 2.45) is 5.92 Å². The number of aromatic amines is 1. The number of hydrogen-bond donors (Lipinski definition) is 2. The van der Waals surface area contributed by atoms with Crippen molar-refractivity contribution < 1.29 is 0 Å². The summed E-state index contributed by atoms with van der Waals surface area (Å²) in [5.74, 6) is 0.631. The molecule has 0 aliphatic rings. The molecule has 2 N–H and O–H groups in total. The first kappa shape index (κ1) is 16.5. The van der Waals surface area contributed by atoms with Crippen LogP contribution in [0, 0.1) is 5.92 Å². The van der Waals surface area contributed by atoms with Crippen molar-refractivity contribution in [1.82, 2.24) is 19.9 Å². The number of pyridine rings is 1. The Morgan fingerprint density at radius 3 is 2.81 bits per heavy atom. The molecule has 0 aliphatic heterocycles. The molecule has 5 heteroatoms. The number of rotatable bonds is 5. The van der Waals surface area contributed by atoms with Crippen molar-refractivity contribution in [3.8, 4) is 11.1 Å². The molecule has 2 aromatic carbocycles. The average molecular weight is 346 g/mol. The second kappa shape index (κ2) is 6.77. The van der Waals surface area contributed by atoms with E-state index in [1.54, 1.807) is 4.40 Å². The molecule has 0 saturated carbocycles. The van der Waals surface area contributed by atoms with Crippen LogP contribution in [0.5, 0.6) is 0 Å². The molecule has 0 bridgehead atoms. The minimum atomic E-state index is -0.214. The molecular formula is C21H22N4O. The quantitative estimate of drug-likeness (QED) is 0.580. The van der Waals surface area contributed by atoms with Gasteiger partial charge in [-0.25, -0.2) is 14.3 Å². The number of nitrogens with one attached hydrogen (secondary N) is 2. The Balaban J connectivity index is 1.78. The van der Waals surface area contributed by atoms with Crippen molar-refractivity contribution in [2.45, 2.75) is 20.4 Å². The smallest absolute Gasteiger partial charge is 0.312 e. The van der Waals surface area contributed by atoms with Crippen molar-refractivity contribution in [2.75, 3.05) is 6.54 Å². The fourth-order valence-corrected chi connectivity index (χ4v) is 3.34. The van der Waals surface area contributed by atoms with Gasteiger partial charge in [-0.3, -0.25) is 0 Å². The maximum absolute atomic E-state index is 12.1. The van der Waals surface area contributed by atoms with Crippen molar-refractivity contribution in [3.63, 3.8) is 0 Å². The summed E-state index contributed by atoms with van der Waals surface area (Å²) < 4.78 is 1.62. The molecule has 5 nitrogen and oxygen atoms in total. The monoisotopic (exact) mass is 346 g/mol. The van der Waals surface area contributed by atoms with Gasteiger partial charge in [-0.1, -0.05) is 44.2 Å². The molecule has 0 fully saturated rings. The minimum Gasteiger partial charge on any atom is -0.312 e. The molecule has 4 aromatic rings. The number of hydrogen-bond acceptors (Lipinski definition) is 3. The molecule has 132 valence electrons. The molecule has 0 aliphatic carbocycles. The van der Waals surface area contributed by atoms with Gasteiger partial charge in [0.15, 0.2) is 5.65 Å². The van der Waals surface area contributed by atoms with Crippen LogP contribution in [0.4, 0.5) is 0 Å². The third-order valence-corrected chi connectivity index (χ3v) is 4.54. The molecule has 0 atom stereocenters. The molecule has 0 radical (unpaired) electrons. The van der Waals surface area contributed by atoms with Gasteiger partial charge in [0.05, 0.1) is 5.52 Å². The van der Waals surface area contributed by atoms with Crippen LogP contribution in [-0.2, 0) is 6.54 Å². The molecule has 0 spiro atoms. The Hall–Kier alpha value is -2.92. The van der Waals surface area contributed by atoms with Gasteiger partial charge in [0.1, 0.15) is 0 Å². The van der Waals surface area contributed by atoms with Gasteiger partial charge in [0.2, 0.25) is 0 Å². The highest BCUT2D eigenvalue weighted by Gasteiger charge is 2.09. The summed E-state index contributed by atoms with van der Waals surface area (Å²) in [6.45, 7) is 6.26. The lowest BCUT2D eigenvalue weighted by atomic mass is 9.98. The van der Waals surface area contributed by atoms with Gasteiger partial charge in [0.25, 0.3) is 0 Å². The summed E-state index contributed by atoms with van der Waals surface area (Å²) in [5.41, 5.74) is 4.79. The van der Waals surface area contributed by atoms with Gasteiger partial charge in [-0.2, -0.15) is 5.10 Å². The minimum absolute atomic E-state index is 0.214. The summed E-state index contributed by atoms with van der Waals surface area (Å²) >= 11 is 0. The number of H-pyrrole nitrogens is 1. The summed E-state index contributed by atoms with van der Waals surface area (Å²) in [5, 5.41) is 11.1. The lowest BCUT2D eigenvalue weighted by molar-refractivity contribution is 0.552. The van der Waals surface area contributed by atoms with E-state index in [0.717, 1.165) is 35.1 Å². The average Bonchev–Trinajstić information content (AvgIpc) is 3.03. The van der Waals surface area contributed by atoms with Crippen molar-refractivity contribution in [1.29, 1.82) is 0 Å². The lowest BCUT2D eigenvalue weighted by Crippen LogP contribution is -2.18. The SMILES string of the molecule is CC(C)CNCc1cccc(-c2cccc3c2ccc2n[nH]c(=O)n23)c1. The van der Waals surface area contributed by atoms with E-state index in [1.807, 2.05) is 24.3 Å². The van der Waals surface area contributed by atoms with Crippen LogP contribution in [0.15, 0.2) is 59.4 Å². The Kier molecular flexibility index (Phi) is 4.31. The van der Waals surface area contributed by atoms with Crippen molar-refractivity contribution in [3.05, 3.63) is 70.6 Å². The van der Waals surface area contributed by atoms with Crippen LogP contribution in [0.2, 0.25) is 0 Å². The van der Waals surface area contributed by atoms with E-state index >= 15 is 0 Å².